The van der Waals surface area contributed by atoms with Crippen LogP contribution in [0.4, 0.5) is 0 Å². The highest BCUT2D eigenvalue weighted by Crippen LogP contribution is 2.30. The molecule has 2 heterocycles. The number of ether oxygens (including phenoxy) is 2. The molecule has 2 aromatic heterocycles. The van der Waals surface area contributed by atoms with E-state index in [-0.39, 0.29) is 18.2 Å². The molecule has 0 spiro atoms. The first-order valence-corrected chi connectivity index (χ1v) is 10.5. The molecule has 0 radical (unpaired) electrons. The molecule has 1 saturated carbocycles. The Bertz CT molecular complexity index is 1070. The fraction of sp³-hybridized carbons (Fsp3) is 0.435. The number of rotatable bonds is 8. The minimum absolute atomic E-state index is 0.0877. The molecule has 2 atom stereocenters. The van der Waals surface area contributed by atoms with Crippen molar-refractivity contribution >= 4 is 17.0 Å². The highest BCUT2D eigenvalue weighted by Gasteiger charge is 2.28. The van der Waals surface area contributed by atoms with E-state index in [1.165, 1.54) is 12.3 Å². The molecule has 8 heteroatoms. The number of methoxy groups -OCH3 is 1. The summed E-state index contributed by atoms with van der Waals surface area (Å²) in [5, 5.41) is 25.0. The van der Waals surface area contributed by atoms with Crippen molar-refractivity contribution in [2.24, 2.45) is 0 Å². The van der Waals surface area contributed by atoms with Crippen LogP contribution >= 0.6 is 0 Å². The van der Waals surface area contributed by atoms with E-state index in [0.717, 1.165) is 31.2 Å². The van der Waals surface area contributed by atoms with E-state index in [1.54, 1.807) is 18.0 Å². The van der Waals surface area contributed by atoms with Gasteiger partial charge in [0.2, 0.25) is 0 Å². The van der Waals surface area contributed by atoms with Gasteiger partial charge in [0.25, 0.3) is 0 Å². The fourth-order valence-corrected chi connectivity index (χ4v) is 4.14. The van der Waals surface area contributed by atoms with Crippen LogP contribution in [-0.4, -0.2) is 50.3 Å². The number of hydrogen-bond donors (Lipinski definition) is 2. The lowest BCUT2D eigenvalue weighted by molar-refractivity contribution is -0.0844. The number of aromatic nitrogens is 3. The van der Waals surface area contributed by atoms with Gasteiger partial charge in [-0.3, -0.25) is 9.67 Å². The number of nitrogens with zero attached hydrogens (tertiary/aromatic N) is 3. The van der Waals surface area contributed by atoms with Gasteiger partial charge in [0.15, 0.2) is 0 Å². The highest BCUT2D eigenvalue weighted by molar-refractivity contribution is 6.00. The summed E-state index contributed by atoms with van der Waals surface area (Å²) in [6.45, 7) is 2.22. The summed E-state index contributed by atoms with van der Waals surface area (Å²) in [5.74, 6) is -0.348. The van der Waals surface area contributed by atoms with Gasteiger partial charge >= 0.3 is 5.97 Å². The molecule has 8 nitrogen and oxygen atoms in total. The third kappa shape index (κ3) is 4.55. The van der Waals surface area contributed by atoms with Crippen molar-refractivity contribution in [3.05, 3.63) is 53.3 Å². The average Bonchev–Trinajstić information content (AvgIpc) is 3.42. The second kappa shape index (κ2) is 9.03. The Morgan fingerprint density at radius 2 is 2.06 bits per heavy atom. The van der Waals surface area contributed by atoms with Crippen molar-refractivity contribution in [3.63, 3.8) is 0 Å². The highest BCUT2D eigenvalue weighted by atomic mass is 16.5. The number of pyridine rings is 1. The van der Waals surface area contributed by atoms with E-state index in [2.05, 4.69) is 10.1 Å². The third-order valence-corrected chi connectivity index (χ3v) is 5.84. The van der Waals surface area contributed by atoms with Crippen molar-refractivity contribution < 1.29 is 24.5 Å². The van der Waals surface area contributed by atoms with Gasteiger partial charge in [-0.05, 0) is 43.0 Å². The summed E-state index contributed by atoms with van der Waals surface area (Å²) < 4.78 is 13.3. The summed E-state index contributed by atoms with van der Waals surface area (Å²) in [6.07, 6.45) is 5.94. The van der Waals surface area contributed by atoms with Crippen molar-refractivity contribution in [1.82, 2.24) is 14.8 Å². The third-order valence-electron chi connectivity index (χ3n) is 5.84. The first-order chi connectivity index (χ1) is 15.0. The van der Waals surface area contributed by atoms with Gasteiger partial charge in [-0.1, -0.05) is 25.0 Å². The monoisotopic (exact) mass is 425 g/mol. The lowest BCUT2D eigenvalue weighted by atomic mass is 10.0. The minimum atomic E-state index is -1.05. The van der Waals surface area contributed by atoms with Gasteiger partial charge in [0, 0.05) is 6.20 Å². The molecule has 1 aliphatic carbocycles. The van der Waals surface area contributed by atoms with Gasteiger partial charge in [-0.2, -0.15) is 5.10 Å². The summed E-state index contributed by atoms with van der Waals surface area (Å²) in [5.41, 5.74) is 2.59. The van der Waals surface area contributed by atoms with E-state index >= 15 is 0 Å². The summed E-state index contributed by atoms with van der Waals surface area (Å²) in [4.78, 5) is 15.7. The van der Waals surface area contributed by atoms with Crippen molar-refractivity contribution in [3.8, 4) is 5.75 Å². The second-order valence-corrected chi connectivity index (χ2v) is 8.00. The van der Waals surface area contributed by atoms with E-state index < -0.39 is 18.2 Å². The zero-order chi connectivity index (χ0) is 22.0. The van der Waals surface area contributed by atoms with Crippen LogP contribution in [0.3, 0.4) is 0 Å². The predicted molar refractivity (Wildman–Crippen MR) is 114 cm³/mol. The Morgan fingerprint density at radius 1 is 1.29 bits per heavy atom. The van der Waals surface area contributed by atoms with Crippen LogP contribution in [0.15, 0.2) is 36.7 Å². The SMILES string of the molecule is COc1cc(C(O)C(Cn2cc3nccc(C(=O)O)c3n2)OC2CCCC2)ccc1C. The van der Waals surface area contributed by atoms with Crippen molar-refractivity contribution in [2.45, 2.75) is 57.5 Å². The molecule has 1 aromatic carbocycles. The fourth-order valence-electron chi connectivity index (χ4n) is 4.14. The lowest BCUT2D eigenvalue weighted by Crippen LogP contribution is -2.31. The Hall–Kier alpha value is -2.97. The number of carboxylic acids is 1. The van der Waals surface area contributed by atoms with E-state index in [9.17, 15) is 15.0 Å². The smallest absolute Gasteiger partial charge is 0.338 e. The largest absolute Gasteiger partial charge is 0.496 e. The first-order valence-electron chi connectivity index (χ1n) is 10.5. The Labute approximate surface area is 180 Å². The molecule has 0 aliphatic heterocycles. The van der Waals surface area contributed by atoms with Crippen LogP contribution in [0.25, 0.3) is 11.0 Å². The molecule has 2 N–H and O–H groups in total. The molecule has 1 aliphatic rings. The molecule has 0 amide bonds. The molecule has 31 heavy (non-hydrogen) atoms. The van der Waals surface area contributed by atoms with Crippen molar-refractivity contribution in [1.29, 1.82) is 0 Å². The average molecular weight is 425 g/mol. The number of benzene rings is 1. The normalized spacial score (nSPS) is 16.5. The number of fused-ring (bicyclic) bond motifs is 1. The minimum Gasteiger partial charge on any atom is -0.496 e. The molecule has 4 rings (SSSR count). The summed E-state index contributed by atoms with van der Waals surface area (Å²) >= 11 is 0. The van der Waals surface area contributed by atoms with Gasteiger partial charge in [-0.15, -0.1) is 0 Å². The van der Waals surface area contributed by atoms with Crippen LogP contribution < -0.4 is 4.74 Å². The van der Waals surface area contributed by atoms with Crippen LogP contribution in [-0.2, 0) is 11.3 Å². The second-order valence-electron chi connectivity index (χ2n) is 8.00. The predicted octanol–water partition coefficient (Wildman–Crippen LogP) is 3.51. The number of aliphatic hydroxyl groups is 1. The van der Waals surface area contributed by atoms with Crippen LogP contribution in [0.5, 0.6) is 5.75 Å². The summed E-state index contributed by atoms with van der Waals surface area (Å²) in [6, 6.07) is 7.04. The van der Waals surface area contributed by atoms with Crippen LogP contribution in [0, 0.1) is 6.92 Å². The van der Waals surface area contributed by atoms with Gasteiger partial charge in [-0.25, -0.2) is 4.79 Å². The standard InChI is InChI=1S/C23H27N3O5/c1-14-7-8-15(11-19(14)30-2)22(27)20(31-16-5-3-4-6-16)13-26-12-18-21(25-26)17(23(28)29)9-10-24-18/h7-12,16,20,22,27H,3-6,13H2,1-2H3,(H,28,29). The number of carbonyl (C=O) groups is 1. The van der Waals surface area contributed by atoms with Gasteiger partial charge < -0.3 is 19.7 Å². The maximum absolute atomic E-state index is 11.5. The Kier molecular flexibility index (Phi) is 6.20. The van der Waals surface area contributed by atoms with E-state index in [1.807, 2.05) is 25.1 Å². The van der Waals surface area contributed by atoms with Crippen molar-refractivity contribution in [2.75, 3.05) is 7.11 Å². The Morgan fingerprint density at radius 3 is 2.77 bits per heavy atom. The molecule has 0 saturated heterocycles. The maximum atomic E-state index is 11.5. The van der Waals surface area contributed by atoms with Crippen LogP contribution in [0.1, 0.15) is 53.3 Å². The number of aliphatic hydroxyl groups excluding tert-OH is 1. The van der Waals surface area contributed by atoms with Crippen LogP contribution in [0.2, 0.25) is 0 Å². The van der Waals surface area contributed by atoms with E-state index in [4.69, 9.17) is 9.47 Å². The maximum Gasteiger partial charge on any atom is 0.338 e. The molecular formula is C23H27N3O5. The number of aromatic carboxylic acids is 1. The van der Waals surface area contributed by atoms with E-state index in [0.29, 0.717) is 22.3 Å². The zero-order valence-electron chi connectivity index (χ0n) is 17.7. The number of hydrogen-bond acceptors (Lipinski definition) is 6. The van der Waals surface area contributed by atoms with Gasteiger partial charge in [0.05, 0.1) is 31.5 Å². The lowest BCUT2D eigenvalue weighted by Gasteiger charge is -2.27. The molecule has 0 bridgehead atoms. The summed E-state index contributed by atoms with van der Waals surface area (Å²) in [7, 11) is 1.60. The van der Waals surface area contributed by atoms with Gasteiger partial charge in [0.1, 0.15) is 29.0 Å². The molecule has 1 fully saturated rings. The topological polar surface area (TPSA) is 107 Å². The first kappa shape index (κ1) is 21.3. The number of carboxylic acid groups (broad SMARTS) is 1. The molecule has 2 unspecified atom stereocenters. The molecule has 3 aromatic rings. The molecular weight excluding hydrogens is 398 g/mol. The molecule has 164 valence electrons. The quantitative estimate of drug-likeness (QED) is 0.569. The number of aryl methyl sites for hydroxylation is 1. The Balaban J connectivity index is 1.64. The zero-order valence-corrected chi connectivity index (χ0v) is 17.7.